The third-order valence-corrected chi connectivity index (χ3v) is 24.0. The number of rotatable bonds is 9. The van der Waals surface area contributed by atoms with Crippen molar-refractivity contribution in [2.75, 3.05) is 0 Å². The molecular weight excluding hydrogens is 493 g/mol. The van der Waals surface area contributed by atoms with Crippen LogP contribution in [-0.2, 0) is 12.3 Å². The van der Waals surface area contributed by atoms with Gasteiger partial charge in [0.25, 0.3) is 0 Å². The van der Waals surface area contributed by atoms with Crippen molar-refractivity contribution in [2.24, 2.45) is 0 Å². The lowest BCUT2D eigenvalue weighted by Gasteiger charge is -2.58. The van der Waals surface area contributed by atoms with Crippen LogP contribution in [0.5, 0.6) is 0 Å². The maximum Gasteiger partial charge on any atom is 0.358 e. The zero-order chi connectivity index (χ0) is 25.8. The molecule has 3 nitrogen and oxygen atoms in total. The van der Waals surface area contributed by atoms with Crippen molar-refractivity contribution in [3.8, 4) is 0 Å². The molecule has 3 aromatic rings. The molecule has 0 bridgehead atoms. The first-order valence-corrected chi connectivity index (χ1v) is 19.3. The highest BCUT2D eigenvalue weighted by atomic mass is 28.5. The number of hydrogen-bond acceptors (Lipinski definition) is 3. The van der Waals surface area contributed by atoms with Crippen molar-refractivity contribution in [3.05, 3.63) is 91.0 Å². The van der Waals surface area contributed by atoms with E-state index >= 15 is 0 Å². The molecule has 0 amide bonds. The molecule has 0 unspecified atom stereocenters. The fourth-order valence-corrected chi connectivity index (χ4v) is 25.3. The highest BCUT2D eigenvalue weighted by Gasteiger charge is 2.68. The minimum absolute atomic E-state index is 0.281. The van der Waals surface area contributed by atoms with Crippen molar-refractivity contribution in [1.29, 1.82) is 0 Å². The van der Waals surface area contributed by atoms with E-state index in [4.69, 9.17) is 12.3 Å². The normalized spacial score (nSPS) is 28.8. The molecule has 1 fully saturated rings. The van der Waals surface area contributed by atoms with E-state index in [0.717, 1.165) is 19.3 Å². The summed E-state index contributed by atoms with van der Waals surface area (Å²) in [5.74, 6) is 0. The standard InChI is InChI=1S/C30H42O3Si3/c1-7-25(4)34(28-19-13-10-14-20-28)31-35(26(5)8-2,29-21-15-11-16-22-29)33-36(32-34,27(6)9-3)30-23-17-12-18-24-30/h10-27H,7-9H2,1-6H3/t25-,26-,27-,34?,35?,36?/m1/s1. The second-order valence-corrected chi connectivity index (χ2v) is 21.5. The minimum Gasteiger partial charge on any atom is -0.408 e. The largest absolute Gasteiger partial charge is 0.408 e. The molecule has 4 rings (SSSR count). The van der Waals surface area contributed by atoms with Crippen molar-refractivity contribution >= 4 is 41.2 Å². The lowest BCUT2D eigenvalue weighted by molar-refractivity contribution is 0.214. The van der Waals surface area contributed by atoms with Gasteiger partial charge in [0, 0.05) is 16.6 Å². The molecule has 3 atom stereocenters. The van der Waals surface area contributed by atoms with Crippen molar-refractivity contribution in [1.82, 2.24) is 0 Å². The minimum atomic E-state index is -2.96. The molecule has 0 aliphatic carbocycles. The van der Waals surface area contributed by atoms with E-state index in [-0.39, 0.29) is 16.6 Å². The molecule has 1 heterocycles. The fourth-order valence-electron chi connectivity index (χ4n) is 5.37. The molecule has 192 valence electrons. The lowest BCUT2D eigenvalue weighted by atomic mass is 10.4. The van der Waals surface area contributed by atoms with Gasteiger partial charge in [-0.15, -0.1) is 0 Å². The Labute approximate surface area is 221 Å². The van der Waals surface area contributed by atoms with E-state index in [9.17, 15) is 0 Å². The van der Waals surface area contributed by atoms with Gasteiger partial charge in [-0.05, 0) is 15.6 Å². The maximum atomic E-state index is 7.68. The van der Waals surface area contributed by atoms with Gasteiger partial charge < -0.3 is 12.3 Å². The second-order valence-electron chi connectivity index (χ2n) is 10.3. The first kappa shape index (κ1) is 27.2. The molecule has 0 aromatic heterocycles. The summed E-state index contributed by atoms with van der Waals surface area (Å²) in [6.45, 7) is 13.8. The van der Waals surface area contributed by atoms with E-state index in [2.05, 4.69) is 133 Å². The van der Waals surface area contributed by atoms with Crippen molar-refractivity contribution in [2.45, 2.75) is 77.4 Å². The molecule has 6 heteroatoms. The van der Waals surface area contributed by atoms with E-state index < -0.39 is 25.7 Å². The Morgan fingerprint density at radius 2 is 0.667 bits per heavy atom. The summed E-state index contributed by atoms with van der Waals surface area (Å²) in [6.07, 6.45) is 3.00. The van der Waals surface area contributed by atoms with Gasteiger partial charge in [-0.2, -0.15) is 0 Å². The van der Waals surface area contributed by atoms with Crippen LogP contribution in [0.1, 0.15) is 60.8 Å². The molecular formula is C30H42O3Si3. The molecule has 3 aromatic carbocycles. The van der Waals surface area contributed by atoms with Gasteiger partial charge in [0.2, 0.25) is 0 Å². The molecule has 0 N–H and O–H groups in total. The third kappa shape index (κ3) is 4.64. The summed E-state index contributed by atoms with van der Waals surface area (Å²) in [6, 6.07) is 32.5. The van der Waals surface area contributed by atoms with E-state index in [1.165, 1.54) is 15.6 Å². The SMILES string of the molecule is CC[C@@H](C)[Si]1(c2ccccc2)O[Si](c2ccccc2)([C@H](C)CC)O[Si](c2ccccc2)([C@H](C)CC)O1. The Morgan fingerprint density at radius 1 is 0.444 bits per heavy atom. The van der Waals surface area contributed by atoms with E-state index in [1.54, 1.807) is 0 Å². The van der Waals surface area contributed by atoms with Crippen LogP contribution >= 0.6 is 0 Å². The van der Waals surface area contributed by atoms with Crippen molar-refractivity contribution in [3.63, 3.8) is 0 Å². The van der Waals surface area contributed by atoms with Crippen molar-refractivity contribution < 1.29 is 12.3 Å². The van der Waals surface area contributed by atoms with Crippen LogP contribution in [-0.4, -0.2) is 25.7 Å². The smallest absolute Gasteiger partial charge is 0.358 e. The van der Waals surface area contributed by atoms with Gasteiger partial charge in [-0.1, -0.05) is 152 Å². The molecule has 1 aliphatic rings. The lowest BCUT2D eigenvalue weighted by Crippen LogP contribution is -2.82. The summed E-state index contributed by atoms with van der Waals surface area (Å²) in [5, 5.41) is 3.69. The third-order valence-electron chi connectivity index (χ3n) is 8.22. The summed E-state index contributed by atoms with van der Waals surface area (Å²) >= 11 is 0. The molecule has 0 radical (unpaired) electrons. The first-order chi connectivity index (χ1) is 17.4. The fraction of sp³-hybridized carbons (Fsp3) is 0.400. The monoisotopic (exact) mass is 534 g/mol. The Kier molecular flexibility index (Phi) is 8.54. The van der Waals surface area contributed by atoms with E-state index in [0.29, 0.717) is 0 Å². The summed E-state index contributed by atoms with van der Waals surface area (Å²) in [7, 11) is -8.87. The highest BCUT2D eigenvalue weighted by molar-refractivity contribution is 7.07. The van der Waals surface area contributed by atoms with Gasteiger partial charge >= 0.3 is 25.7 Å². The predicted octanol–water partition coefficient (Wildman–Crippen LogP) is 6.50. The first-order valence-electron chi connectivity index (χ1n) is 13.7. The van der Waals surface area contributed by atoms with Crippen LogP contribution in [0.25, 0.3) is 0 Å². The molecule has 1 saturated heterocycles. The van der Waals surface area contributed by atoms with Crippen LogP contribution in [0, 0.1) is 0 Å². The van der Waals surface area contributed by atoms with Crippen LogP contribution in [0.4, 0.5) is 0 Å². The Bertz CT molecular complexity index is 947. The summed E-state index contributed by atoms with van der Waals surface area (Å²) in [5.41, 5.74) is 0.842. The summed E-state index contributed by atoms with van der Waals surface area (Å²) in [4.78, 5) is 0. The molecule has 36 heavy (non-hydrogen) atoms. The Balaban J connectivity index is 2.10. The van der Waals surface area contributed by atoms with Crippen LogP contribution < -0.4 is 15.6 Å². The summed E-state index contributed by atoms with van der Waals surface area (Å²) < 4.78 is 23.0. The maximum absolute atomic E-state index is 7.68. The highest BCUT2D eigenvalue weighted by Crippen LogP contribution is 2.46. The topological polar surface area (TPSA) is 27.7 Å². The van der Waals surface area contributed by atoms with Gasteiger partial charge in [-0.3, -0.25) is 0 Å². The quantitative estimate of drug-likeness (QED) is 0.293. The molecule has 0 spiro atoms. The van der Waals surface area contributed by atoms with Crippen LogP contribution in [0.15, 0.2) is 91.0 Å². The molecule has 0 saturated carbocycles. The average Bonchev–Trinajstić information content (AvgIpc) is 2.96. The zero-order valence-corrected chi connectivity index (χ0v) is 25.7. The van der Waals surface area contributed by atoms with Gasteiger partial charge in [0.1, 0.15) is 0 Å². The van der Waals surface area contributed by atoms with Crippen LogP contribution in [0.2, 0.25) is 16.6 Å². The van der Waals surface area contributed by atoms with Gasteiger partial charge in [-0.25, -0.2) is 0 Å². The number of benzene rings is 3. The molecule has 1 aliphatic heterocycles. The average molecular weight is 535 g/mol. The van der Waals surface area contributed by atoms with E-state index in [1.807, 2.05) is 0 Å². The Hall–Kier alpha value is -1.81. The van der Waals surface area contributed by atoms with Gasteiger partial charge in [0.05, 0.1) is 0 Å². The van der Waals surface area contributed by atoms with Crippen LogP contribution in [0.3, 0.4) is 0 Å². The zero-order valence-electron chi connectivity index (χ0n) is 22.7. The van der Waals surface area contributed by atoms with Gasteiger partial charge in [0.15, 0.2) is 0 Å². The predicted molar refractivity (Wildman–Crippen MR) is 158 cm³/mol. The number of hydrogen-bond donors (Lipinski definition) is 0. The second kappa shape index (κ2) is 11.3. The Morgan fingerprint density at radius 3 is 0.861 bits per heavy atom.